The van der Waals surface area contributed by atoms with Crippen molar-refractivity contribution in [3.05, 3.63) is 33.9 Å². The minimum atomic E-state index is -4.41. The Hall–Kier alpha value is -2.21. The Morgan fingerprint density at radius 3 is 2.33 bits per heavy atom. The molecule has 0 saturated carbocycles. The fourth-order valence-electron chi connectivity index (χ4n) is 1.40. The number of anilines is 1. The van der Waals surface area contributed by atoms with Gasteiger partial charge in [-0.2, -0.15) is 0 Å². The van der Waals surface area contributed by atoms with Crippen LogP contribution in [0.25, 0.3) is 0 Å². The van der Waals surface area contributed by atoms with Crippen LogP contribution >= 0.6 is 0 Å². The van der Waals surface area contributed by atoms with Crippen molar-refractivity contribution >= 4 is 37.2 Å². The summed E-state index contributed by atoms with van der Waals surface area (Å²) in [6.07, 6.45) is 0.678. The molecule has 116 valence electrons. The molecule has 0 atom stereocenters. The first kappa shape index (κ1) is 16.8. The van der Waals surface area contributed by atoms with Crippen LogP contribution in [0, 0.1) is 10.1 Å². The first-order valence-corrected chi connectivity index (χ1v) is 8.82. The van der Waals surface area contributed by atoms with Crippen molar-refractivity contribution in [3.63, 3.8) is 0 Å². The molecule has 12 heteroatoms. The number of hydrogen-bond donors (Lipinski definition) is 2. The van der Waals surface area contributed by atoms with Crippen molar-refractivity contribution in [1.29, 1.82) is 0 Å². The lowest BCUT2D eigenvalue weighted by atomic mass is 10.1. The molecule has 0 spiro atoms. The summed E-state index contributed by atoms with van der Waals surface area (Å²) >= 11 is 0. The summed E-state index contributed by atoms with van der Waals surface area (Å²) in [4.78, 5) is 20.7. The van der Waals surface area contributed by atoms with E-state index >= 15 is 0 Å². The molecule has 0 radical (unpaired) electrons. The van der Waals surface area contributed by atoms with Gasteiger partial charge < -0.3 is 5.11 Å². The molecule has 10 nitrogen and oxygen atoms in total. The number of hydrogen-bond acceptors (Lipinski definition) is 7. The van der Waals surface area contributed by atoms with Crippen LogP contribution in [-0.4, -0.2) is 44.2 Å². The van der Waals surface area contributed by atoms with Crippen molar-refractivity contribution in [2.24, 2.45) is 0 Å². The van der Waals surface area contributed by atoms with Gasteiger partial charge in [0.15, 0.2) is 14.9 Å². The molecule has 1 aromatic rings. The van der Waals surface area contributed by atoms with E-state index in [0.29, 0.717) is 12.3 Å². The van der Waals surface area contributed by atoms with E-state index in [4.69, 9.17) is 5.11 Å². The molecule has 1 rings (SSSR count). The highest BCUT2D eigenvalue weighted by molar-refractivity contribution is 8.08. The molecule has 0 heterocycles. The predicted octanol–water partition coefficient (Wildman–Crippen LogP) is 0.0368. The van der Waals surface area contributed by atoms with Gasteiger partial charge in [-0.3, -0.25) is 14.8 Å². The Balaban J connectivity index is 3.31. The molecule has 0 aliphatic rings. The van der Waals surface area contributed by atoms with E-state index in [0.717, 1.165) is 12.1 Å². The van der Waals surface area contributed by atoms with Gasteiger partial charge in [0.2, 0.25) is 10.0 Å². The number of nitrogens with zero attached hydrogens (tertiary/aromatic N) is 1. The Bertz CT molecular complexity index is 797. The van der Waals surface area contributed by atoms with Crippen LogP contribution in [0.5, 0.6) is 0 Å². The van der Waals surface area contributed by atoms with E-state index in [9.17, 15) is 31.7 Å². The van der Waals surface area contributed by atoms with E-state index < -0.39 is 52.8 Å². The van der Waals surface area contributed by atoms with Crippen LogP contribution in [0.2, 0.25) is 0 Å². The smallest absolute Gasteiger partial charge is 0.337 e. The highest BCUT2D eigenvalue weighted by Gasteiger charge is 2.23. The highest BCUT2D eigenvalue weighted by atomic mass is 32.3. The van der Waals surface area contributed by atoms with E-state index in [1.165, 1.54) is 0 Å². The summed E-state index contributed by atoms with van der Waals surface area (Å²) in [6, 6.07) is 2.43. The van der Waals surface area contributed by atoms with Gasteiger partial charge in [0.05, 0.1) is 16.2 Å². The molecular weight excluding hydrogens is 328 g/mol. The minimum absolute atomic E-state index is 0.544. The molecule has 1 aromatic carbocycles. The summed E-state index contributed by atoms with van der Waals surface area (Å²) in [5.41, 5.74) is -1.67. The average molecular weight is 338 g/mol. The van der Waals surface area contributed by atoms with Crippen LogP contribution < -0.4 is 4.72 Å². The number of nitro groups is 1. The van der Waals surface area contributed by atoms with Gasteiger partial charge in [0.1, 0.15) is 0 Å². The van der Waals surface area contributed by atoms with Crippen LogP contribution in [0.15, 0.2) is 18.2 Å². The lowest BCUT2D eigenvalue weighted by molar-refractivity contribution is -0.384. The van der Waals surface area contributed by atoms with Gasteiger partial charge in [0.25, 0.3) is 5.69 Å². The van der Waals surface area contributed by atoms with Crippen molar-refractivity contribution in [2.45, 2.75) is 0 Å². The fourth-order valence-corrected chi connectivity index (χ4v) is 4.39. The van der Waals surface area contributed by atoms with Crippen LogP contribution in [0.3, 0.4) is 0 Å². The number of benzene rings is 1. The first-order valence-electron chi connectivity index (χ1n) is 5.11. The number of carbonyl (C=O) groups is 1. The molecule has 0 aromatic heterocycles. The quantitative estimate of drug-likeness (QED) is 0.542. The fraction of sp³-hybridized carbons (Fsp3) is 0.222. The second kappa shape index (κ2) is 5.65. The zero-order valence-corrected chi connectivity index (χ0v) is 12.1. The maximum Gasteiger partial charge on any atom is 0.337 e. The molecular formula is C9H10N2O8S2. The Morgan fingerprint density at radius 1 is 1.33 bits per heavy atom. The number of sulfone groups is 1. The summed E-state index contributed by atoms with van der Waals surface area (Å²) < 4.78 is 46.9. The largest absolute Gasteiger partial charge is 0.478 e. The molecule has 0 fully saturated rings. The standard InChI is InChI=1S/C9H10N2O8S2/c1-20(16,17)5-21(18,19)10-8-4-6(11(14)15)2-3-7(8)9(12)13/h2-4,10H,5H2,1H3,(H,12,13). The molecule has 21 heavy (non-hydrogen) atoms. The number of non-ortho nitro benzene ring substituents is 1. The molecule has 0 amide bonds. The summed E-state index contributed by atoms with van der Waals surface area (Å²) in [6.45, 7) is 0. The highest BCUT2D eigenvalue weighted by Crippen LogP contribution is 2.24. The van der Waals surface area contributed by atoms with Crippen molar-refractivity contribution in [1.82, 2.24) is 0 Å². The topological polar surface area (TPSA) is 161 Å². The van der Waals surface area contributed by atoms with Gasteiger partial charge in [-0.1, -0.05) is 0 Å². The first-order chi connectivity index (χ1) is 9.41. The zero-order chi connectivity index (χ0) is 16.4. The number of nitro benzene ring substituents is 1. The van der Waals surface area contributed by atoms with Crippen LogP contribution in [-0.2, 0) is 19.9 Å². The third-order valence-electron chi connectivity index (χ3n) is 2.08. The number of carboxylic acid groups (broad SMARTS) is 1. The second-order valence-corrected chi connectivity index (χ2v) is 8.28. The molecule has 0 bridgehead atoms. The van der Waals surface area contributed by atoms with Crippen molar-refractivity contribution < 1.29 is 31.7 Å². The normalized spacial score (nSPS) is 11.9. The summed E-state index contributed by atoms with van der Waals surface area (Å²) in [5, 5.41) is 18.2. The molecule has 0 aliphatic carbocycles. The molecule has 2 N–H and O–H groups in total. The van der Waals surface area contributed by atoms with Gasteiger partial charge >= 0.3 is 5.97 Å². The van der Waals surface area contributed by atoms with Gasteiger partial charge in [-0.05, 0) is 6.07 Å². The Labute approximate surface area is 119 Å². The number of carboxylic acids is 1. The monoisotopic (exact) mass is 338 g/mol. The Morgan fingerprint density at radius 2 is 1.90 bits per heavy atom. The van der Waals surface area contributed by atoms with Gasteiger partial charge in [-0.25, -0.2) is 21.6 Å². The van der Waals surface area contributed by atoms with E-state index in [2.05, 4.69) is 0 Å². The predicted molar refractivity (Wildman–Crippen MR) is 72.3 cm³/mol. The van der Waals surface area contributed by atoms with E-state index in [1.807, 2.05) is 0 Å². The summed E-state index contributed by atoms with van der Waals surface area (Å²) in [5.74, 6) is -1.53. The molecule has 0 aliphatic heterocycles. The summed E-state index contributed by atoms with van der Waals surface area (Å²) in [7, 11) is -8.31. The van der Waals surface area contributed by atoms with E-state index in [-0.39, 0.29) is 0 Å². The van der Waals surface area contributed by atoms with Crippen molar-refractivity contribution in [2.75, 3.05) is 16.1 Å². The average Bonchev–Trinajstić information content (AvgIpc) is 2.23. The van der Waals surface area contributed by atoms with Gasteiger partial charge in [-0.15, -0.1) is 0 Å². The lowest BCUT2D eigenvalue weighted by Crippen LogP contribution is -2.23. The molecule has 0 saturated heterocycles. The third kappa shape index (κ3) is 5.00. The zero-order valence-electron chi connectivity index (χ0n) is 10.5. The third-order valence-corrected chi connectivity index (χ3v) is 5.56. The van der Waals surface area contributed by atoms with Crippen molar-refractivity contribution in [3.8, 4) is 0 Å². The number of nitrogens with one attached hydrogen (secondary N) is 1. The Kier molecular flexibility index (Phi) is 4.53. The maximum absolute atomic E-state index is 11.6. The number of rotatable bonds is 6. The molecule has 0 unspecified atom stereocenters. The van der Waals surface area contributed by atoms with Crippen LogP contribution in [0.4, 0.5) is 11.4 Å². The SMILES string of the molecule is CS(=O)(=O)CS(=O)(=O)Nc1cc([N+](=O)[O-])ccc1C(=O)O. The van der Waals surface area contributed by atoms with E-state index in [1.54, 1.807) is 4.72 Å². The van der Waals surface area contributed by atoms with Gasteiger partial charge in [0, 0.05) is 18.4 Å². The van der Waals surface area contributed by atoms with Crippen LogP contribution in [0.1, 0.15) is 10.4 Å². The lowest BCUT2D eigenvalue weighted by Gasteiger charge is -2.09. The number of aromatic carboxylic acids is 1. The second-order valence-electron chi connectivity index (χ2n) is 4.05. The number of sulfonamides is 1. The maximum atomic E-state index is 11.6. The minimum Gasteiger partial charge on any atom is -0.478 e.